The SMILES string of the molecule is COc1ccc(N=CN(C)C)c(C#N)c1N1CC(F)C(N(C)C)C1. The van der Waals surface area contributed by atoms with Crippen molar-refractivity contribution in [3.63, 3.8) is 0 Å². The first-order chi connectivity index (χ1) is 11.4. The lowest BCUT2D eigenvalue weighted by atomic mass is 10.1. The van der Waals surface area contributed by atoms with E-state index in [0.717, 1.165) is 0 Å². The quantitative estimate of drug-likeness (QED) is 0.608. The van der Waals surface area contributed by atoms with Gasteiger partial charge in [0.15, 0.2) is 0 Å². The van der Waals surface area contributed by atoms with Gasteiger partial charge in [0.05, 0.1) is 37.4 Å². The second-order valence-electron chi connectivity index (χ2n) is 6.28. The maximum atomic E-state index is 14.4. The standard InChI is InChI=1S/C17H24FN5O/c1-21(2)11-20-14-6-7-16(24-5)17(12(14)8-19)23-9-13(18)15(10-23)22(3)4/h6-7,11,13,15H,9-10H2,1-5H3. The third kappa shape index (κ3) is 3.60. The van der Waals surface area contributed by atoms with Crippen LogP contribution >= 0.6 is 0 Å². The van der Waals surface area contributed by atoms with E-state index in [4.69, 9.17) is 4.74 Å². The van der Waals surface area contributed by atoms with Gasteiger partial charge in [0.2, 0.25) is 0 Å². The van der Waals surface area contributed by atoms with Crippen LogP contribution in [-0.4, -0.2) is 76.7 Å². The normalized spacial score (nSPS) is 20.7. The van der Waals surface area contributed by atoms with Crippen LogP contribution in [-0.2, 0) is 0 Å². The topological polar surface area (TPSA) is 55.1 Å². The molecule has 0 aliphatic carbocycles. The second-order valence-corrected chi connectivity index (χ2v) is 6.28. The van der Waals surface area contributed by atoms with Gasteiger partial charge in [0.25, 0.3) is 0 Å². The van der Waals surface area contributed by atoms with Crippen molar-refractivity contribution < 1.29 is 9.13 Å². The lowest BCUT2D eigenvalue weighted by Gasteiger charge is -2.24. The third-order valence-corrected chi connectivity index (χ3v) is 4.08. The Bertz CT molecular complexity index is 653. The number of anilines is 1. The van der Waals surface area contributed by atoms with Crippen LogP contribution in [0.1, 0.15) is 5.56 Å². The van der Waals surface area contributed by atoms with E-state index >= 15 is 0 Å². The molecule has 1 aromatic carbocycles. The summed E-state index contributed by atoms with van der Waals surface area (Å²) >= 11 is 0. The van der Waals surface area contributed by atoms with E-state index in [1.165, 1.54) is 0 Å². The van der Waals surface area contributed by atoms with E-state index in [1.807, 2.05) is 38.0 Å². The Morgan fingerprint density at radius 3 is 2.54 bits per heavy atom. The number of nitriles is 1. The number of rotatable bonds is 5. The van der Waals surface area contributed by atoms with Gasteiger partial charge in [-0.15, -0.1) is 0 Å². The summed E-state index contributed by atoms with van der Waals surface area (Å²) in [5.74, 6) is 0.557. The Kier molecular flexibility index (Phi) is 5.62. The molecule has 0 N–H and O–H groups in total. The third-order valence-electron chi connectivity index (χ3n) is 4.08. The molecule has 1 aliphatic heterocycles. The molecule has 1 aromatic rings. The fourth-order valence-electron chi connectivity index (χ4n) is 2.85. The Hall–Kier alpha value is -2.33. The molecule has 0 aromatic heterocycles. The largest absolute Gasteiger partial charge is 0.495 e. The number of methoxy groups -OCH3 is 1. The van der Waals surface area contributed by atoms with Gasteiger partial charge in [-0.25, -0.2) is 9.38 Å². The van der Waals surface area contributed by atoms with Crippen LogP contribution < -0.4 is 9.64 Å². The summed E-state index contributed by atoms with van der Waals surface area (Å²) in [6.45, 7) is 0.731. The highest BCUT2D eigenvalue weighted by Gasteiger charge is 2.36. The van der Waals surface area contributed by atoms with Gasteiger partial charge in [0.1, 0.15) is 23.6 Å². The highest BCUT2D eigenvalue weighted by atomic mass is 19.1. The first-order valence-electron chi connectivity index (χ1n) is 7.76. The number of ether oxygens (including phenoxy) is 1. The number of aliphatic imine (C=N–C) groups is 1. The maximum Gasteiger partial charge on any atom is 0.143 e. The Balaban J connectivity index is 2.48. The van der Waals surface area contributed by atoms with Crippen molar-refractivity contribution in [3.8, 4) is 11.8 Å². The molecular weight excluding hydrogens is 309 g/mol. The first kappa shape index (κ1) is 18.0. The van der Waals surface area contributed by atoms with Crippen molar-refractivity contribution in [2.75, 3.05) is 53.3 Å². The summed E-state index contributed by atoms with van der Waals surface area (Å²) in [5, 5.41) is 9.66. The van der Waals surface area contributed by atoms with E-state index in [0.29, 0.717) is 29.2 Å². The van der Waals surface area contributed by atoms with Gasteiger partial charge in [-0.05, 0) is 26.2 Å². The molecule has 1 aliphatic rings. The zero-order chi connectivity index (χ0) is 17.9. The highest BCUT2D eigenvalue weighted by molar-refractivity contribution is 5.78. The van der Waals surface area contributed by atoms with Crippen molar-refractivity contribution in [1.82, 2.24) is 9.80 Å². The molecule has 1 fully saturated rings. The summed E-state index contributed by atoms with van der Waals surface area (Å²) in [7, 11) is 8.99. The highest BCUT2D eigenvalue weighted by Crippen LogP contribution is 2.40. The van der Waals surface area contributed by atoms with Crippen LogP contribution in [0.15, 0.2) is 17.1 Å². The zero-order valence-electron chi connectivity index (χ0n) is 14.8. The number of benzene rings is 1. The lowest BCUT2D eigenvalue weighted by molar-refractivity contribution is 0.202. The predicted molar refractivity (Wildman–Crippen MR) is 94.1 cm³/mol. The van der Waals surface area contributed by atoms with Crippen LogP contribution in [0.4, 0.5) is 15.8 Å². The van der Waals surface area contributed by atoms with E-state index in [2.05, 4.69) is 11.1 Å². The molecule has 2 atom stereocenters. The summed E-state index contributed by atoms with van der Waals surface area (Å²) in [5.41, 5.74) is 1.56. The summed E-state index contributed by atoms with van der Waals surface area (Å²) in [4.78, 5) is 9.89. The van der Waals surface area contributed by atoms with Crippen LogP contribution in [0.5, 0.6) is 5.75 Å². The average Bonchev–Trinajstić information content (AvgIpc) is 2.93. The van der Waals surface area contributed by atoms with Crippen molar-refractivity contribution in [1.29, 1.82) is 5.26 Å². The van der Waals surface area contributed by atoms with Crippen molar-refractivity contribution >= 4 is 17.7 Å². The second kappa shape index (κ2) is 7.49. The van der Waals surface area contributed by atoms with E-state index in [9.17, 15) is 9.65 Å². The smallest absolute Gasteiger partial charge is 0.143 e. The number of hydrogen-bond acceptors (Lipinski definition) is 5. The number of hydrogen-bond donors (Lipinski definition) is 0. The average molecular weight is 333 g/mol. The lowest BCUT2D eigenvalue weighted by Crippen LogP contribution is -2.36. The van der Waals surface area contributed by atoms with Gasteiger partial charge in [-0.3, -0.25) is 0 Å². The minimum Gasteiger partial charge on any atom is -0.495 e. The van der Waals surface area contributed by atoms with E-state index in [-0.39, 0.29) is 12.6 Å². The van der Waals surface area contributed by atoms with Gasteiger partial charge in [-0.2, -0.15) is 5.26 Å². The van der Waals surface area contributed by atoms with Crippen LogP contribution in [0.25, 0.3) is 0 Å². The molecular formula is C17H24FN5O. The van der Waals surface area contributed by atoms with Crippen LogP contribution in [0.3, 0.4) is 0 Å². The minimum atomic E-state index is -0.981. The number of alkyl halides is 1. The Morgan fingerprint density at radius 2 is 2.04 bits per heavy atom. The molecule has 0 amide bonds. The maximum absolute atomic E-state index is 14.4. The molecule has 0 spiro atoms. The molecule has 2 unspecified atom stereocenters. The van der Waals surface area contributed by atoms with Gasteiger partial charge in [-0.1, -0.05) is 0 Å². The van der Waals surface area contributed by atoms with Gasteiger partial charge in [0, 0.05) is 20.6 Å². The first-order valence-corrected chi connectivity index (χ1v) is 7.76. The number of halogens is 1. The molecule has 6 nitrogen and oxygen atoms in total. The molecule has 24 heavy (non-hydrogen) atoms. The minimum absolute atomic E-state index is 0.213. The molecule has 7 heteroatoms. The molecule has 130 valence electrons. The van der Waals surface area contributed by atoms with Crippen molar-refractivity contribution in [2.45, 2.75) is 12.2 Å². The van der Waals surface area contributed by atoms with Crippen molar-refractivity contribution in [2.24, 2.45) is 4.99 Å². The number of likely N-dealkylation sites (N-methyl/N-ethyl adjacent to an activating group) is 1. The van der Waals surface area contributed by atoms with Crippen molar-refractivity contribution in [3.05, 3.63) is 17.7 Å². The predicted octanol–water partition coefficient (Wildman–Crippen LogP) is 1.88. The summed E-state index contributed by atoms with van der Waals surface area (Å²) in [6.07, 6.45) is 0.655. The molecule has 1 heterocycles. The van der Waals surface area contributed by atoms with Crippen LogP contribution in [0, 0.1) is 11.3 Å². The number of nitrogens with zero attached hydrogens (tertiary/aromatic N) is 5. The molecule has 0 radical (unpaired) electrons. The zero-order valence-corrected chi connectivity index (χ0v) is 14.8. The van der Waals surface area contributed by atoms with Gasteiger partial charge < -0.3 is 19.4 Å². The molecule has 0 bridgehead atoms. The Morgan fingerprint density at radius 1 is 1.33 bits per heavy atom. The Labute approximate surface area is 142 Å². The monoisotopic (exact) mass is 333 g/mol. The summed E-state index contributed by atoms with van der Waals surface area (Å²) in [6, 6.07) is 5.51. The van der Waals surface area contributed by atoms with Gasteiger partial charge >= 0.3 is 0 Å². The molecule has 1 saturated heterocycles. The van der Waals surface area contributed by atoms with E-state index in [1.54, 1.807) is 30.5 Å². The van der Waals surface area contributed by atoms with Crippen LogP contribution in [0.2, 0.25) is 0 Å². The fourth-order valence-corrected chi connectivity index (χ4v) is 2.85. The molecule has 0 saturated carbocycles. The fraction of sp³-hybridized carbons (Fsp3) is 0.529. The summed E-state index contributed by atoms with van der Waals surface area (Å²) < 4.78 is 19.8. The van der Waals surface area contributed by atoms with E-state index < -0.39 is 6.17 Å². The molecule has 2 rings (SSSR count).